The maximum atomic E-state index is 12.5. The van der Waals surface area contributed by atoms with Crippen LogP contribution in [0, 0.1) is 18.8 Å². The molecule has 0 aromatic heterocycles. The van der Waals surface area contributed by atoms with E-state index in [2.05, 4.69) is 0 Å². The van der Waals surface area contributed by atoms with Crippen LogP contribution < -0.4 is 4.74 Å². The van der Waals surface area contributed by atoms with Gasteiger partial charge in [-0.05, 0) is 69.4 Å². The smallest absolute Gasteiger partial charge is 0.170 e. The molecule has 1 heterocycles. The molecule has 0 saturated heterocycles. The molecule has 1 spiro atoms. The van der Waals surface area contributed by atoms with Crippen molar-refractivity contribution < 1.29 is 9.53 Å². The predicted octanol–water partition coefficient (Wildman–Crippen LogP) is 4.30. The highest BCUT2D eigenvalue weighted by Crippen LogP contribution is 2.50. The first-order chi connectivity index (χ1) is 9.65. The lowest BCUT2D eigenvalue weighted by Gasteiger charge is -2.43. The van der Waals surface area contributed by atoms with Crippen LogP contribution >= 0.6 is 0 Å². The van der Waals surface area contributed by atoms with E-state index in [0.29, 0.717) is 6.42 Å². The van der Waals surface area contributed by atoms with E-state index in [0.717, 1.165) is 41.6 Å². The molecule has 0 bridgehead atoms. The fourth-order valence-electron chi connectivity index (χ4n) is 4.20. The molecule has 4 rings (SSSR count). The van der Waals surface area contributed by atoms with Gasteiger partial charge in [-0.2, -0.15) is 0 Å². The second-order valence-electron chi connectivity index (χ2n) is 7.08. The van der Waals surface area contributed by atoms with Gasteiger partial charge in [0.2, 0.25) is 0 Å². The molecule has 0 N–H and O–H groups in total. The van der Waals surface area contributed by atoms with Crippen molar-refractivity contribution in [1.29, 1.82) is 0 Å². The van der Waals surface area contributed by atoms with Crippen molar-refractivity contribution in [3.63, 3.8) is 0 Å². The Balaban J connectivity index is 1.64. The summed E-state index contributed by atoms with van der Waals surface area (Å²) < 4.78 is 6.37. The van der Waals surface area contributed by atoms with E-state index in [9.17, 15) is 4.79 Å². The van der Waals surface area contributed by atoms with Crippen molar-refractivity contribution in [1.82, 2.24) is 0 Å². The highest BCUT2D eigenvalue weighted by molar-refractivity contribution is 6.00. The number of fused-ring (bicyclic) bond motifs is 1. The van der Waals surface area contributed by atoms with Crippen molar-refractivity contribution in [2.75, 3.05) is 0 Å². The number of benzene rings is 1. The maximum absolute atomic E-state index is 12.5. The summed E-state index contributed by atoms with van der Waals surface area (Å²) in [6, 6.07) is 6.02. The molecule has 0 amide bonds. The van der Waals surface area contributed by atoms with Crippen molar-refractivity contribution in [2.24, 2.45) is 11.8 Å². The summed E-state index contributed by atoms with van der Waals surface area (Å²) in [5, 5.41) is 0. The normalized spacial score (nSPS) is 32.9. The zero-order valence-corrected chi connectivity index (χ0v) is 12.2. The fourth-order valence-corrected chi connectivity index (χ4v) is 4.20. The third-order valence-corrected chi connectivity index (χ3v) is 5.37. The van der Waals surface area contributed by atoms with Crippen LogP contribution in [0.2, 0.25) is 0 Å². The minimum atomic E-state index is -0.190. The van der Waals surface area contributed by atoms with Gasteiger partial charge in [-0.1, -0.05) is 11.6 Å². The summed E-state index contributed by atoms with van der Waals surface area (Å²) >= 11 is 0. The average molecular weight is 270 g/mol. The molecular formula is C18H22O2. The number of hydrogen-bond donors (Lipinski definition) is 0. The van der Waals surface area contributed by atoms with E-state index in [1.54, 1.807) is 0 Å². The molecule has 2 heteroatoms. The molecular weight excluding hydrogens is 248 g/mol. The molecule has 20 heavy (non-hydrogen) atoms. The molecule has 2 nitrogen and oxygen atoms in total. The minimum absolute atomic E-state index is 0.190. The Morgan fingerprint density at radius 2 is 2.05 bits per heavy atom. The van der Waals surface area contributed by atoms with Crippen LogP contribution in [-0.2, 0) is 0 Å². The standard InChI is InChI=1S/C18H22O2/c1-12-4-7-17-15(9-12)16(19)11-18(20-17)8-2-3-14(10-18)13-5-6-13/h4,7,9,13-14H,2-3,5-6,8,10-11H2,1H3. The Morgan fingerprint density at radius 3 is 2.85 bits per heavy atom. The Hall–Kier alpha value is -1.31. The minimum Gasteiger partial charge on any atom is -0.486 e. The zero-order chi connectivity index (χ0) is 13.7. The highest BCUT2D eigenvalue weighted by Gasteiger charge is 2.47. The molecule has 2 aliphatic carbocycles. The third kappa shape index (κ3) is 2.06. The lowest BCUT2D eigenvalue weighted by atomic mass is 9.72. The van der Waals surface area contributed by atoms with Gasteiger partial charge in [-0.25, -0.2) is 0 Å². The number of ether oxygens (including phenoxy) is 1. The first-order valence-corrected chi connectivity index (χ1v) is 7.98. The highest BCUT2D eigenvalue weighted by atomic mass is 16.5. The molecule has 2 saturated carbocycles. The molecule has 1 aromatic rings. The van der Waals surface area contributed by atoms with Gasteiger partial charge in [-0.15, -0.1) is 0 Å². The van der Waals surface area contributed by atoms with Gasteiger partial charge in [0.1, 0.15) is 11.4 Å². The van der Waals surface area contributed by atoms with Gasteiger partial charge >= 0.3 is 0 Å². The van der Waals surface area contributed by atoms with E-state index in [1.165, 1.54) is 25.7 Å². The number of hydrogen-bond acceptors (Lipinski definition) is 2. The SMILES string of the molecule is Cc1ccc2c(c1)C(=O)CC1(CCCC(C3CC3)C1)O2. The molecule has 1 aliphatic heterocycles. The summed E-state index contributed by atoms with van der Waals surface area (Å²) in [6.45, 7) is 2.03. The third-order valence-electron chi connectivity index (χ3n) is 5.37. The van der Waals surface area contributed by atoms with E-state index in [1.807, 2.05) is 25.1 Å². The van der Waals surface area contributed by atoms with Gasteiger partial charge in [0, 0.05) is 0 Å². The van der Waals surface area contributed by atoms with E-state index in [4.69, 9.17) is 4.74 Å². The van der Waals surface area contributed by atoms with Crippen LogP contribution in [0.5, 0.6) is 5.75 Å². The average Bonchev–Trinajstić information content (AvgIpc) is 3.24. The topological polar surface area (TPSA) is 26.3 Å². The molecule has 3 aliphatic rings. The van der Waals surface area contributed by atoms with Crippen LogP contribution in [0.1, 0.15) is 60.9 Å². The van der Waals surface area contributed by atoms with E-state index >= 15 is 0 Å². The van der Waals surface area contributed by atoms with Gasteiger partial charge in [0.15, 0.2) is 5.78 Å². The van der Waals surface area contributed by atoms with Gasteiger partial charge in [0.05, 0.1) is 12.0 Å². The molecule has 0 radical (unpaired) electrons. The van der Waals surface area contributed by atoms with Crippen LogP contribution in [-0.4, -0.2) is 11.4 Å². The second kappa shape index (κ2) is 4.34. The van der Waals surface area contributed by atoms with E-state index in [-0.39, 0.29) is 11.4 Å². The summed E-state index contributed by atoms with van der Waals surface area (Å²) in [7, 11) is 0. The van der Waals surface area contributed by atoms with Gasteiger partial charge in [0.25, 0.3) is 0 Å². The Kier molecular flexibility index (Phi) is 2.70. The number of carbonyl (C=O) groups excluding carboxylic acids is 1. The molecule has 2 fully saturated rings. The largest absolute Gasteiger partial charge is 0.486 e. The maximum Gasteiger partial charge on any atom is 0.170 e. The Labute approximate surface area is 120 Å². The Morgan fingerprint density at radius 1 is 1.20 bits per heavy atom. The number of aryl methyl sites for hydroxylation is 1. The van der Waals surface area contributed by atoms with E-state index < -0.39 is 0 Å². The summed E-state index contributed by atoms with van der Waals surface area (Å²) in [5.41, 5.74) is 1.74. The second-order valence-corrected chi connectivity index (χ2v) is 7.08. The zero-order valence-electron chi connectivity index (χ0n) is 12.2. The molecule has 2 atom stereocenters. The van der Waals surface area contributed by atoms with Crippen LogP contribution in [0.4, 0.5) is 0 Å². The van der Waals surface area contributed by atoms with Gasteiger partial charge < -0.3 is 4.74 Å². The van der Waals surface area contributed by atoms with Crippen molar-refractivity contribution in [2.45, 2.75) is 57.5 Å². The lowest BCUT2D eigenvalue weighted by molar-refractivity contribution is -0.00741. The summed E-state index contributed by atoms with van der Waals surface area (Å²) in [5.74, 6) is 2.82. The number of carbonyl (C=O) groups is 1. The van der Waals surface area contributed by atoms with Crippen molar-refractivity contribution >= 4 is 5.78 Å². The van der Waals surface area contributed by atoms with Crippen molar-refractivity contribution in [3.05, 3.63) is 29.3 Å². The monoisotopic (exact) mass is 270 g/mol. The summed E-state index contributed by atoms with van der Waals surface area (Å²) in [4.78, 5) is 12.5. The first kappa shape index (κ1) is 12.4. The quantitative estimate of drug-likeness (QED) is 0.760. The summed E-state index contributed by atoms with van der Waals surface area (Å²) in [6.07, 6.45) is 8.08. The predicted molar refractivity (Wildman–Crippen MR) is 78.2 cm³/mol. The number of rotatable bonds is 1. The van der Waals surface area contributed by atoms with Crippen LogP contribution in [0.3, 0.4) is 0 Å². The first-order valence-electron chi connectivity index (χ1n) is 7.98. The number of Topliss-reactive ketones (excluding diaryl/α,β-unsaturated/α-hetero) is 1. The van der Waals surface area contributed by atoms with Gasteiger partial charge in [-0.3, -0.25) is 4.79 Å². The lowest BCUT2D eigenvalue weighted by Crippen LogP contribution is -2.46. The fraction of sp³-hybridized carbons (Fsp3) is 0.611. The van der Waals surface area contributed by atoms with Crippen molar-refractivity contribution in [3.8, 4) is 5.75 Å². The molecule has 2 unspecified atom stereocenters. The van der Waals surface area contributed by atoms with Crippen LogP contribution in [0.15, 0.2) is 18.2 Å². The molecule has 106 valence electrons. The van der Waals surface area contributed by atoms with Crippen LogP contribution in [0.25, 0.3) is 0 Å². The number of ketones is 1. The Bertz CT molecular complexity index is 559. The molecule has 1 aromatic carbocycles.